The minimum Gasteiger partial charge on any atom is -0.363 e. The molecule has 1 aromatic carbocycles. The van der Waals surface area contributed by atoms with Gasteiger partial charge in [-0.1, -0.05) is 12.1 Å². The number of hydrogen-bond acceptors (Lipinski definition) is 4. The Morgan fingerprint density at radius 3 is 2.50 bits per heavy atom. The zero-order chi connectivity index (χ0) is 13.3. The lowest BCUT2D eigenvalue weighted by Gasteiger charge is -2.35. The second-order valence-corrected chi connectivity index (χ2v) is 5.54. The highest BCUT2D eigenvalue weighted by molar-refractivity contribution is 7.91. The van der Waals surface area contributed by atoms with E-state index in [1.807, 2.05) is 0 Å². The summed E-state index contributed by atoms with van der Waals surface area (Å²) in [5.41, 5.74) is 0.722. The summed E-state index contributed by atoms with van der Waals surface area (Å²) in [4.78, 5) is 12.1. The van der Waals surface area contributed by atoms with Crippen molar-refractivity contribution in [1.82, 2.24) is 4.31 Å². The largest absolute Gasteiger partial charge is 0.363 e. The molecule has 6 nitrogen and oxygen atoms in total. The maximum Gasteiger partial charge on any atom is 0.330 e. The lowest BCUT2D eigenvalue weighted by molar-refractivity contribution is 0.0859. The molecular weight excluding hydrogens is 256 g/mol. The molecule has 0 bridgehead atoms. The van der Waals surface area contributed by atoms with E-state index in [-0.39, 0.29) is 13.3 Å². The molecule has 7 heteroatoms. The Labute approximate surface area is 106 Å². The number of hydrogen-bond donors (Lipinski definition) is 0. The van der Waals surface area contributed by atoms with Crippen LogP contribution in [0.3, 0.4) is 0 Å². The molecule has 1 aliphatic rings. The molecule has 1 heterocycles. The van der Waals surface area contributed by atoms with Gasteiger partial charge < -0.3 is 4.74 Å². The molecule has 1 aromatic rings. The van der Waals surface area contributed by atoms with E-state index in [2.05, 4.69) is 0 Å². The molecule has 0 fully saturated rings. The SMILES string of the molecule is CCN1C(=O)c2ccccc2N(COC)S1(=O)=O. The fourth-order valence-corrected chi connectivity index (χ4v) is 3.43. The van der Waals surface area contributed by atoms with Crippen LogP contribution in [-0.2, 0) is 14.9 Å². The summed E-state index contributed by atoms with van der Waals surface area (Å²) in [6.07, 6.45) is 0. The van der Waals surface area contributed by atoms with E-state index in [0.29, 0.717) is 11.3 Å². The monoisotopic (exact) mass is 270 g/mol. The molecule has 0 spiro atoms. The molecule has 0 aromatic heterocycles. The van der Waals surface area contributed by atoms with Gasteiger partial charge in [0.15, 0.2) is 0 Å². The van der Waals surface area contributed by atoms with Crippen LogP contribution < -0.4 is 4.31 Å². The van der Waals surface area contributed by atoms with Crippen molar-refractivity contribution in [3.8, 4) is 0 Å². The first-order valence-electron chi connectivity index (χ1n) is 5.46. The van der Waals surface area contributed by atoms with Crippen molar-refractivity contribution in [2.24, 2.45) is 0 Å². The first kappa shape index (κ1) is 12.8. The third-order valence-corrected chi connectivity index (χ3v) is 4.56. The summed E-state index contributed by atoms with van der Waals surface area (Å²) in [7, 11) is -2.44. The number of para-hydroxylation sites is 1. The smallest absolute Gasteiger partial charge is 0.330 e. The number of rotatable bonds is 3. The van der Waals surface area contributed by atoms with Crippen LogP contribution in [0.5, 0.6) is 0 Å². The van der Waals surface area contributed by atoms with E-state index < -0.39 is 16.1 Å². The van der Waals surface area contributed by atoms with Gasteiger partial charge in [-0.2, -0.15) is 8.42 Å². The lowest BCUT2D eigenvalue weighted by Crippen LogP contribution is -2.51. The zero-order valence-corrected chi connectivity index (χ0v) is 11.0. The molecule has 0 saturated heterocycles. The van der Waals surface area contributed by atoms with Crippen molar-refractivity contribution in [3.63, 3.8) is 0 Å². The van der Waals surface area contributed by atoms with Crippen LogP contribution in [0.4, 0.5) is 5.69 Å². The van der Waals surface area contributed by atoms with Crippen LogP contribution in [0.15, 0.2) is 24.3 Å². The third kappa shape index (κ3) is 1.75. The quantitative estimate of drug-likeness (QED) is 0.815. The second-order valence-electron chi connectivity index (χ2n) is 3.76. The number of carbonyl (C=O) groups is 1. The molecule has 2 rings (SSSR count). The molecule has 98 valence electrons. The number of amides is 1. The van der Waals surface area contributed by atoms with Gasteiger partial charge >= 0.3 is 10.2 Å². The van der Waals surface area contributed by atoms with Gasteiger partial charge in [-0.25, -0.2) is 8.61 Å². The number of carbonyl (C=O) groups excluding carboxylic acids is 1. The number of nitrogens with zero attached hydrogens (tertiary/aromatic N) is 2. The van der Waals surface area contributed by atoms with Crippen LogP contribution in [0, 0.1) is 0 Å². The number of anilines is 1. The van der Waals surface area contributed by atoms with Gasteiger partial charge in [-0.15, -0.1) is 0 Å². The standard InChI is InChI=1S/C11H14N2O4S/c1-3-12-11(14)9-6-4-5-7-10(9)13(8-17-2)18(12,15)16/h4-7H,3,8H2,1-2H3. The Kier molecular flexibility index (Phi) is 3.27. The van der Waals surface area contributed by atoms with E-state index in [0.717, 1.165) is 8.61 Å². The maximum absolute atomic E-state index is 12.3. The molecule has 0 saturated carbocycles. The highest BCUT2D eigenvalue weighted by Crippen LogP contribution is 2.31. The molecule has 0 aliphatic carbocycles. The highest BCUT2D eigenvalue weighted by Gasteiger charge is 2.40. The molecular formula is C11H14N2O4S. The average molecular weight is 270 g/mol. The van der Waals surface area contributed by atoms with E-state index >= 15 is 0 Å². The maximum atomic E-state index is 12.3. The molecule has 1 amide bonds. The Morgan fingerprint density at radius 1 is 1.22 bits per heavy atom. The average Bonchev–Trinajstić information content (AvgIpc) is 2.35. The summed E-state index contributed by atoms with van der Waals surface area (Å²) in [5, 5.41) is 0. The summed E-state index contributed by atoms with van der Waals surface area (Å²) in [6, 6.07) is 6.59. The Morgan fingerprint density at radius 2 is 1.89 bits per heavy atom. The van der Waals surface area contributed by atoms with Crippen molar-refractivity contribution in [2.75, 3.05) is 24.7 Å². The van der Waals surface area contributed by atoms with Crippen molar-refractivity contribution < 1.29 is 17.9 Å². The normalized spacial score (nSPS) is 17.8. The highest BCUT2D eigenvalue weighted by atomic mass is 32.2. The van der Waals surface area contributed by atoms with E-state index in [9.17, 15) is 13.2 Å². The van der Waals surface area contributed by atoms with Gasteiger partial charge in [-0.05, 0) is 19.1 Å². The molecule has 0 atom stereocenters. The third-order valence-electron chi connectivity index (χ3n) is 2.72. The molecule has 18 heavy (non-hydrogen) atoms. The first-order chi connectivity index (χ1) is 8.54. The number of ether oxygens (including phenoxy) is 1. The number of benzene rings is 1. The topological polar surface area (TPSA) is 66.9 Å². The summed E-state index contributed by atoms with van der Waals surface area (Å²) >= 11 is 0. The molecule has 0 unspecified atom stereocenters. The van der Waals surface area contributed by atoms with Gasteiger partial charge in [0.2, 0.25) is 0 Å². The van der Waals surface area contributed by atoms with Crippen molar-refractivity contribution in [1.29, 1.82) is 0 Å². The summed E-state index contributed by atoms with van der Waals surface area (Å²) in [5.74, 6) is -0.500. The van der Waals surface area contributed by atoms with Crippen LogP contribution in [0.25, 0.3) is 0 Å². The molecule has 0 N–H and O–H groups in total. The fraction of sp³-hybridized carbons (Fsp3) is 0.364. The Hall–Kier alpha value is -1.60. The van der Waals surface area contributed by atoms with Crippen molar-refractivity contribution in [3.05, 3.63) is 29.8 Å². The van der Waals surface area contributed by atoms with Crippen LogP contribution >= 0.6 is 0 Å². The Bertz CT molecular complexity index is 570. The number of methoxy groups -OCH3 is 1. The fourth-order valence-electron chi connectivity index (χ4n) is 1.91. The van der Waals surface area contributed by atoms with E-state index in [1.165, 1.54) is 7.11 Å². The van der Waals surface area contributed by atoms with Gasteiger partial charge in [0.1, 0.15) is 6.73 Å². The van der Waals surface area contributed by atoms with Gasteiger partial charge in [0.25, 0.3) is 5.91 Å². The minimum atomic E-state index is -3.85. The van der Waals surface area contributed by atoms with Gasteiger partial charge in [0.05, 0.1) is 11.3 Å². The first-order valence-corrected chi connectivity index (χ1v) is 6.86. The van der Waals surface area contributed by atoms with Crippen molar-refractivity contribution >= 4 is 21.8 Å². The van der Waals surface area contributed by atoms with E-state index in [1.54, 1.807) is 31.2 Å². The minimum absolute atomic E-state index is 0.0930. The molecule has 0 radical (unpaired) electrons. The lowest BCUT2D eigenvalue weighted by atomic mass is 10.1. The van der Waals surface area contributed by atoms with E-state index in [4.69, 9.17) is 4.74 Å². The second kappa shape index (κ2) is 4.58. The van der Waals surface area contributed by atoms with Crippen LogP contribution in [0.1, 0.15) is 17.3 Å². The van der Waals surface area contributed by atoms with Crippen molar-refractivity contribution in [2.45, 2.75) is 6.92 Å². The van der Waals surface area contributed by atoms with Gasteiger partial charge in [0, 0.05) is 13.7 Å². The predicted molar refractivity (Wildman–Crippen MR) is 66.4 cm³/mol. The predicted octanol–water partition coefficient (Wildman–Crippen LogP) is 0.817. The summed E-state index contributed by atoms with van der Waals surface area (Å²) in [6.45, 7) is 1.59. The van der Waals surface area contributed by atoms with Gasteiger partial charge in [-0.3, -0.25) is 4.79 Å². The van der Waals surface area contributed by atoms with Crippen LogP contribution in [0.2, 0.25) is 0 Å². The number of fused-ring (bicyclic) bond motifs is 1. The Balaban J connectivity index is 2.65. The van der Waals surface area contributed by atoms with Crippen LogP contribution in [-0.4, -0.2) is 39.0 Å². The zero-order valence-electron chi connectivity index (χ0n) is 10.2. The summed E-state index contributed by atoms with van der Waals surface area (Å²) < 4.78 is 31.4. The molecule has 1 aliphatic heterocycles.